The molecule has 37 heavy (non-hydrogen) atoms. The fourth-order valence-electron chi connectivity index (χ4n) is 5.24. The van der Waals surface area contributed by atoms with Crippen LogP contribution in [0.3, 0.4) is 0 Å². The number of carbonyl (C=O) groups excluding carboxylic acids is 1. The summed E-state index contributed by atoms with van der Waals surface area (Å²) in [5.41, 5.74) is 14.6. The molecule has 4 N–H and O–H groups in total. The molecule has 0 aliphatic heterocycles. The second-order valence-corrected chi connectivity index (χ2v) is 9.48. The van der Waals surface area contributed by atoms with Crippen LogP contribution >= 0.6 is 0 Å². The van der Waals surface area contributed by atoms with E-state index in [4.69, 9.17) is 10.5 Å². The van der Waals surface area contributed by atoms with E-state index >= 15 is 0 Å². The quantitative estimate of drug-likeness (QED) is 0.367. The zero-order chi connectivity index (χ0) is 26.3. The number of aromatic nitrogens is 2. The van der Waals surface area contributed by atoms with Crippen molar-refractivity contribution in [2.75, 3.05) is 12.8 Å². The van der Waals surface area contributed by atoms with Gasteiger partial charge in [0.25, 0.3) is 5.91 Å². The first kappa shape index (κ1) is 24.5. The Morgan fingerprint density at radius 1 is 1.05 bits per heavy atom. The van der Waals surface area contributed by atoms with Crippen LogP contribution in [0.4, 0.5) is 5.82 Å². The minimum absolute atomic E-state index is 0.0189. The number of nitrogens with zero attached hydrogens (tertiary/aromatic N) is 2. The van der Waals surface area contributed by atoms with Crippen molar-refractivity contribution in [2.45, 2.75) is 39.3 Å². The molecule has 0 unspecified atom stereocenters. The van der Waals surface area contributed by atoms with Gasteiger partial charge in [-0.05, 0) is 89.2 Å². The number of aliphatic hydroxyl groups is 1. The lowest BCUT2D eigenvalue weighted by molar-refractivity contribution is 0.0950. The van der Waals surface area contributed by atoms with Crippen LogP contribution in [0.1, 0.15) is 68.4 Å². The number of nitrogen functional groups attached to an aromatic ring is 1. The summed E-state index contributed by atoms with van der Waals surface area (Å²) in [7, 11) is 1.60. The van der Waals surface area contributed by atoms with Crippen molar-refractivity contribution in [1.82, 2.24) is 15.3 Å². The first-order valence-corrected chi connectivity index (χ1v) is 12.2. The third-order valence-corrected chi connectivity index (χ3v) is 7.23. The lowest BCUT2D eigenvalue weighted by Crippen LogP contribution is -2.25. The molecule has 7 nitrogen and oxygen atoms in total. The fraction of sp³-hybridized carbons (Fsp3) is 0.233. The van der Waals surface area contributed by atoms with E-state index in [0.29, 0.717) is 23.8 Å². The summed E-state index contributed by atoms with van der Waals surface area (Å²) >= 11 is 0. The van der Waals surface area contributed by atoms with Gasteiger partial charge in [-0.25, -0.2) is 9.97 Å². The van der Waals surface area contributed by atoms with Crippen LogP contribution in [0, 0.1) is 13.8 Å². The van der Waals surface area contributed by atoms with Crippen molar-refractivity contribution in [3.8, 4) is 17.0 Å². The van der Waals surface area contributed by atoms with Crippen molar-refractivity contribution >= 4 is 11.7 Å². The van der Waals surface area contributed by atoms with Crippen LogP contribution in [0.15, 0.2) is 60.8 Å². The van der Waals surface area contributed by atoms with Crippen molar-refractivity contribution in [3.63, 3.8) is 0 Å². The molecular weight excluding hydrogens is 464 g/mol. The minimum atomic E-state index is -0.769. The van der Waals surface area contributed by atoms with Gasteiger partial charge in [0.1, 0.15) is 11.9 Å². The zero-order valence-electron chi connectivity index (χ0n) is 21.4. The highest BCUT2D eigenvalue weighted by Crippen LogP contribution is 2.44. The molecule has 0 radical (unpaired) electrons. The number of amides is 1. The van der Waals surface area contributed by atoms with E-state index in [1.807, 2.05) is 56.3 Å². The first-order valence-electron chi connectivity index (χ1n) is 12.2. The number of carbonyl (C=O) groups is 1. The molecule has 188 valence electrons. The highest BCUT2D eigenvalue weighted by atomic mass is 16.5. The Morgan fingerprint density at radius 2 is 1.78 bits per heavy atom. The van der Waals surface area contributed by atoms with Gasteiger partial charge >= 0.3 is 0 Å². The smallest absolute Gasteiger partial charge is 0.251 e. The molecule has 2 atom stereocenters. The highest BCUT2D eigenvalue weighted by Gasteiger charge is 2.30. The lowest BCUT2D eigenvalue weighted by Gasteiger charge is -2.30. The number of pyridine rings is 2. The summed E-state index contributed by atoms with van der Waals surface area (Å²) in [4.78, 5) is 21.7. The van der Waals surface area contributed by atoms with Gasteiger partial charge in [0, 0.05) is 35.5 Å². The third kappa shape index (κ3) is 4.42. The van der Waals surface area contributed by atoms with Gasteiger partial charge in [-0.1, -0.05) is 25.1 Å². The number of benzene rings is 2. The topological polar surface area (TPSA) is 110 Å². The fourth-order valence-corrected chi connectivity index (χ4v) is 5.24. The number of aryl methyl sites for hydroxylation is 2. The standard InChI is InChI=1S/C30H30N4O3/c1-16-12-27(31)34-18(3)26(16)15-33-29(36)20-8-10-23-25(14-20)17(2)24-13-19(7-9-22(24)28(23)35)21-6-5-11-32-30(21)37-4/h5-14,17,28,35H,15H2,1-4H3,(H2,31,34)(H,33,36)/t17-,28+/m1/s1. The molecule has 0 spiro atoms. The molecule has 1 aliphatic rings. The predicted octanol–water partition coefficient (Wildman–Crippen LogP) is 4.83. The van der Waals surface area contributed by atoms with Crippen LogP contribution in [-0.2, 0) is 6.54 Å². The van der Waals surface area contributed by atoms with Gasteiger partial charge < -0.3 is 20.9 Å². The number of ether oxygens (including phenoxy) is 1. The lowest BCUT2D eigenvalue weighted by atomic mass is 9.76. The molecule has 0 fully saturated rings. The van der Waals surface area contributed by atoms with E-state index < -0.39 is 6.10 Å². The van der Waals surface area contributed by atoms with Gasteiger partial charge in [0.2, 0.25) is 5.88 Å². The number of hydrogen-bond donors (Lipinski definition) is 3. The summed E-state index contributed by atoms with van der Waals surface area (Å²) in [6.07, 6.45) is 0.928. The van der Waals surface area contributed by atoms with Crippen LogP contribution < -0.4 is 15.8 Å². The molecule has 0 saturated heterocycles. The SMILES string of the molecule is COc1ncccc1-c1ccc2c(c1)[C@@H](C)c1cc(C(=O)NCc3c(C)cc(N)nc3C)ccc1[C@H]2O. The maximum Gasteiger partial charge on any atom is 0.251 e. The maximum absolute atomic E-state index is 13.1. The van der Waals surface area contributed by atoms with E-state index in [9.17, 15) is 9.90 Å². The molecular formula is C30H30N4O3. The van der Waals surface area contributed by atoms with Gasteiger partial charge in [0.05, 0.1) is 7.11 Å². The molecule has 2 aromatic heterocycles. The Balaban J connectivity index is 1.44. The van der Waals surface area contributed by atoms with Gasteiger partial charge in [-0.2, -0.15) is 0 Å². The van der Waals surface area contributed by atoms with Crippen LogP contribution in [0.5, 0.6) is 5.88 Å². The summed E-state index contributed by atoms with van der Waals surface area (Å²) < 4.78 is 5.45. The first-order chi connectivity index (χ1) is 17.8. The number of nitrogens with one attached hydrogen (secondary N) is 1. The molecule has 1 aliphatic carbocycles. The molecule has 4 aromatic rings. The van der Waals surface area contributed by atoms with E-state index in [-0.39, 0.29) is 11.8 Å². The van der Waals surface area contributed by atoms with Crippen molar-refractivity contribution in [1.29, 1.82) is 0 Å². The number of fused-ring (bicyclic) bond motifs is 2. The van der Waals surface area contributed by atoms with Crippen molar-refractivity contribution in [3.05, 3.63) is 105 Å². The summed E-state index contributed by atoms with van der Waals surface area (Å²) in [5.74, 6) is 0.819. The average Bonchev–Trinajstić information content (AvgIpc) is 2.90. The van der Waals surface area contributed by atoms with Crippen LogP contribution in [0.25, 0.3) is 11.1 Å². The molecule has 2 aromatic carbocycles. The van der Waals surface area contributed by atoms with Crippen LogP contribution in [-0.4, -0.2) is 28.1 Å². The molecule has 0 saturated carbocycles. The number of rotatable bonds is 5. The Bertz CT molecular complexity index is 1490. The largest absolute Gasteiger partial charge is 0.481 e. The number of methoxy groups -OCH3 is 1. The highest BCUT2D eigenvalue weighted by molar-refractivity contribution is 5.94. The van der Waals surface area contributed by atoms with Gasteiger partial charge in [-0.15, -0.1) is 0 Å². The Kier molecular flexibility index (Phi) is 6.39. The second kappa shape index (κ2) is 9.67. The molecule has 0 bridgehead atoms. The monoisotopic (exact) mass is 494 g/mol. The minimum Gasteiger partial charge on any atom is -0.481 e. The maximum atomic E-state index is 13.1. The number of hydrogen-bond acceptors (Lipinski definition) is 6. The number of nitrogens with two attached hydrogens (primary N) is 1. The Morgan fingerprint density at radius 3 is 2.51 bits per heavy atom. The van der Waals surface area contributed by atoms with Crippen molar-refractivity contribution in [2.24, 2.45) is 0 Å². The van der Waals surface area contributed by atoms with Gasteiger partial charge in [-0.3, -0.25) is 4.79 Å². The number of anilines is 1. The number of aliphatic hydroxyl groups excluding tert-OH is 1. The molecule has 5 rings (SSSR count). The van der Waals surface area contributed by atoms with E-state index in [2.05, 4.69) is 28.3 Å². The van der Waals surface area contributed by atoms with E-state index in [0.717, 1.165) is 50.2 Å². The van der Waals surface area contributed by atoms with Gasteiger partial charge in [0.15, 0.2) is 0 Å². The molecule has 2 heterocycles. The Labute approximate surface area is 216 Å². The zero-order valence-corrected chi connectivity index (χ0v) is 21.4. The van der Waals surface area contributed by atoms with Crippen molar-refractivity contribution < 1.29 is 14.6 Å². The van der Waals surface area contributed by atoms with E-state index in [1.54, 1.807) is 19.4 Å². The summed E-state index contributed by atoms with van der Waals surface area (Å²) in [6, 6.07) is 17.2. The third-order valence-electron chi connectivity index (χ3n) is 7.23. The molecule has 1 amide bonds. The Hall–Kier alpha value is -4.23. The summed E-state index contributed by atoms with van der Waals surface area (Å²) in [5, 5.41) is 14.2. The second-order valence-electron chi connectivity index (χ2n) is 9.48. The average molecular weight is 495 g/mol. The van der Waals surface area contributed by atoms with Crippen LogP contribution in [0.2, 0.25) is 0 Å². The molecule has 7 heteroatoms. The normalized spacial score (nSPS) is 16.0. The predicted molar refractivity (Wildman–Crippen MR) is 144 cm³/mol. The van der Waals surface area contributed by atoms with E-state index in [1.165, 1.54) is 0 Å². The summed E-state index contributed by atoms with van der Waals surface area (Å²) in [6.45, 7) is 6.31.